The fourth-order valence-corrected chi connectivity index (χ4v) is 2.31. The summed E-state index contributed by atoms with van der Waals surface area (Å²) in [5, 5.41) is 6.92. The van der Waals surface area contributed by atoms with Crippen LogP contribution in [0.15, 0.2) is 28.8 Å². The molecule has 122 valence electrons. The molecule has 0 atom stereocenters. The van der Waals surface area contributed by atoms with Crippen LogP contribution in [0.4, 0.5) is 0 Å². The molecule has 0 saturated carbocycles. The molecule has 0 unspecified atom stereocenters. The maximum absolute atomic E-state index is 12.2. The maximum Gasteiger partial charge on any atom is 0.251 e. The normalized spacial score (nSPS) is 16.2. The summed E-state index contributed by atoms with van der Waals surface area (Å²) in [6.07, 6.45) is 0. The molecule has 2 aromatic rings. The van der Waals surface area contributed by atoms with Crippen LogP contribution < -0.4 is 5.32 Å². The van der Waals surface area contributed by atoms with E-state index in [0.29, 0.717) is 37.0 Å². The lowest BCUT2D eigenvalue weighted by Gasteiger charge is -2.38. The van der Waals surface area contributed by atoms with Gasteiger partial charge in [0.25, 0.3) is 5.91 Å². The molecule has 1 aromatic carbocycles. The summed E-state index contributed by atoms with van der Waals surface area (Å²) in [5.74, 6) is 1.26. The highest BCUT2D eigenvalue weighted by Crippen LogP contribution is 2.25. The molecule has 0 radical (unpaired) electrons. The van der Waals surface area contributed by atoms with Crippen molar-refractivity contribution in [1.29, 1.82) is 0 Å². The number of ether oxygens (including phenoxy) is 1. The van der Waals surface area contributed by atoms with Gasteiger partial charge < -0.3 is 14.6 Å². The molecule has 2 heterocycles. The van der Waals surface area contributed by atoms with Gasteiger partial charge in [0.15, 0.2) is 0 Å². The average molecular weight is 315 g/mol. The zero-order valence-electron chi connectivity index (χ0n) is 13.6. The van der Waals surface area contributed by atoms with Crippen molar-refractivity contribution < 1.29 is 14.1 Å². The average Bonchev–Trinajstić information content (AvgIpc) is 3.01. The van der Waals surface area contributed by atoms with Gasteiger partial charge in [-0.25, -0.2) is 0 Å². The van der Waals surface area contributed by atoms with E-state index in [-0.39, 0.29) is 17.2 Å². The van der Waals surface area contributed by atoms with Crippen LogP contribution in [0.2, 0.25) is 0 Å². The minimum absolute atomic E-state index is 0.0630. The number of hydrogen-bond acceptors (Lipinski definition) is 5. The summed E-state index contributed by atoms with van der Waals surface area (Å²) in [6.45, 7) is 8.11. The largest absolute Gasteiger partial charge is 0.380 e. The predicted octanol–water partition coefficient (Wildman–Crippen LogP) is 2.63. The van der Waals surface area contributed by atoms with Crippen molar-refractivity contribution in [2.24, 2.45) is 5.41 Å². The Morgan fingerprint density at radius 2 is 2.00 bits per heavy atom. The van der Waals surface area contributed by atoms with Crippen molar-refractivity contribution in [1.82, 2.24) is 15.5 Å². The fourth-order valence-electron chi connectivity index (χ4n) is 2.31. The molecular formula is C17H21N3O3. The highest BCUT2D eigenvalue weighted by Gasteiger charge is 2.33. The van der Waals surface area contributed by atoms with Crippen LogP contribution in [0.25, 0.3) is 11.4 Å². The number of aromatic nitrogens is 2. The molecule has 0 spiro atoms. The number of nitrogens with one attached hydrogen (secondary N) is 1. The number of rotatable bonds is 5. The molecule has 1 aliphatic rings. The van der Waals surface area contributed by atoms with E-state index in [1.807, 2.05) is 26.0 Å². The molecule has 1 fully saturated rings. The minimum atomic E-state index is -0.0827. The van der Waals surface area contributed by atoms with E-state index in [1.54, 1.807) is 12.1 Å². The van der Waals surface area contributed by atoms with Gasteiger partial charge in [-0.3, -0.25) is 4.79 Å². The van der Waals surface area contributed by atoms with Crippen molar-refractivity contribution in [3.05, 3.63) is 35.7 Å². The molecule has 6 heteroatoms. The Kier molecular flexibility index (Phi) is 4.17. The molecule has 0 aliphatic carbocycles. The van der Waals surface area contributed by atoms with Gasteiger partial charge in [-0.2, -0.15) is 4.98 Å². The van der Waals surface area contributed by atoms with Gasteiger partial charge in [-0.05, 0) is 12.1 Å². The van der Waals surface area contributed by atoms with E-state index in [0.717, 1.165) is 5.56 Å². The van der Waals surface area contributed by atoms with Crippen molar-refractivity contribution in [2.45, 2.75) is 26.7 Å². The van der Waals surface area contributed by atoms with E-state index in [1.165, 1.54) is 0 Å². The number of carbonyl (C=O) groups is 1. The fraction of sp³-hybridized carbons (Fsp3) is 0.471. The summed E-state index contributed by atoms with van der Waals surface area (Å²) in [6, 6.07) is 7.21. The lowest BCUT2D eigenvalue weighted by molar-refractivity contribution is -0.0978. The monoisotopic (exact) mass is 315 g/mol. The van der Waals surface area contributed by atoms with Crippen molar-refractivity contribution in [2.75, 3.05) is 19.8 Å². The second-order valence-corrected chi connectivity index (χ2v) is 6.67. The second-order valence-electron chi connectivity index (χ2n) is 6.67. The lowest BCUT2D eigenvalue weighted by atomic mass is 9.88. The van der Waals surface area contributed by atoms with Crippen LogP contribution in [-0.2, 0) is 4.74 Å². The molecule has 6 nitrogen and oxygen atoms in total. The third kappa shape index (κ3) is 3.42. The third-order valence-corrected chi connectivity index (χ3v) is 3.92. The number of amides is 1. The van der Waals surface area contributed by atoms with Gasteiger partial charge in [0.1, 0.15) is 0 Å². The van der Waals surface area contributed by atoms with Gasteiger partial charge in [0.2, 0.25) is 11.7 Å². The second kappa shape index (κ2) is 6.12. The highest BCUT2D eigenvalue weighted by molar-refractivity contribution is 5.94. The molecule has 0 bridgehead atoms. The molecular weight excluding hydrogens is 294 g/mol. The Hall–Kier alpha value is -2.21. The van der Waals surface area contributed by atoms with Crippen LogP contribution in [-0.4, -0.2) is 35.8 Å². The van der Waals surface area contributed by atoms with Crippen LogP contribution in [0.5, 0.6) is 0 Å². The molecule has 1 aromatic heterocycles. The topological polar surface area (TPSA) is 77.2 Å². The number of hydrogen-bond donors (Lipinski definition) is 1. The summed E-state index contributed by atoms with van der Waals surface area (Å²) in [4.78, 5) is 16.5. The first-order chi connectivity index (χ1) is 11.0. The van der Waals surface area contributed by atoms with Crippen molar-refractivity contribution in [3.63, 3.8) is 0 Å². The van der Waals surface area contributed by atoms with Crippen LogP contribution >= 0.6 is 0 Å². The zero-order chi connectivity index (χ0) is 16.4. The minimum Gasteiger partial charge on any atom is -0.380 e. The highest BCUT2D eigenvalue weighted by atomic mass is 16.5. The van der Waals surface area contributed by atoms with Crippen molar-refractivity contribution in [3.8, 4) is 11.4 Å². The number of carbonyl (C=O) groups excluding carboxylic acids is 1. The Bertz CT molecular complexity index is 687. The van der Waals surface area contributed by atoms with E-state index in [9.17, 15) is 4.79 Å². The van der Waals surface area contributed by atoms with Crippen LogP contribution in [0.1, 0.15) is 42.9 Å². The van der Waals surface area contributed by atoms with Gasteiger partial charge in [-0.1, -0.05) is 38.1 Å². The summed E-state index contributed by atoms with van der Waals surface area (Å²) >= 11 is 0. The van der Waals surface area contributed by atoms with E-state index in [4.69, 9.17) is 9.26 Å². The van der Waals surface area contributed by atoms with E-state index >= 15 is 0 Å². The number of benzene rings is 1. The summed E-state index contributed by atoms with van der Waals surface area (Å²) in [7, 11) is 0. The molecule has 1 amide bonds. The Morgan fingerprint density at radius 1 is 1.30 bits per heavy atom. The maximum atomic E-state index is 12.2. The number of nitrogens with zero attached hydrogens (tertiary/aromatic N) is 2. The Morgan fingerprint density at radius 3 is 2.52 bits per heavy atom. The third-order valence-electron chi connectivity index (χ3n) is 3.92. The molecule has 3 rings (SSSR count). The first-order valence-electron chi connectivity index (χ1n) is 7.77. The summed E-state index contributed by atoms with van der Waals surface area (Å²) in [5.41, 5.74) is 1.51. The Labute approximate surface area is 135 Å². The molecule has 23 heavy (non-hydrogen) atoms. The van der Waals surface area contributed by atoms with Gasteiger partial charge in [-0.15, -0.1) is 0 Å². The zero-order valence-corrected chi connectivity index (χ0v) is 13.6. The van der Waals surface area contributed by atoms with E-state index in [2.05, 4.69) is 22.4 Å². The standard InChI is InChI=1S/C17H21N3O3/c1-11(2)16-19-14(20-23-16)12-4-6-13(7-5-12)15(21)18-8-17(3)9-22-10-17/h4-7,11H,8-10H2,1-3H3,(H,18,21). The van der Waals surface area contributed by atoms with Gasteiger partial charge in [0.05, 0.1) is 13.2 Å². The molecule has 1 saturated heterocycles. The molecule has 1 aliphatic heterocycles. The van der Waals surface area contributed by atoms with Crippen molar-refractivity contribution >= 4 is 5.91 Å². The predicted molar refractivity (Wildman–Crippen MR) is 85.1 cm³/mol. The lowest BCUT2D eigenvalue weighted by Crippen LogP contribution is -2.48. The quantitative estimate of drug-likeness (QED) is 0.917. The smallest absolute Gasteiger partial charge is 0.251 e. The van der Waals surface area contributed by atoms with Crippen LogP contribution in [0.3, 0.4) is 0 Å². The van der Waals surface area contributed by atoms with E-state index < -0.39 is 0 Å². The SMILES string of the molecule is CC(C)c1nc(-c2ccc(C(=O)NCC3(C)COC3)cc2)no1. The molecule has 1 N–H and O–H groups in total. The van der Waals surface area contributed by atoms with Gasteiger partial charge >= 0.3 is 0 Å². The van der Waals surface area contributed by atoms with Gasteiger partial charge in [0, 0.05) is 29.0 Å². The van der Waals surface area contributed by atoms with Crippen LogP contribution in [0, 0.1) is 5.41 Å². The first-order valence-corrected chi connectivity index (χ1v) is 7.77. The Balaban J connectivity index is 1.65. The first kappa shape index (κ1) is 15.7. The summed E-state index contributed by atoms with van der Waals surface area (Å²) < 4.78 is 10.4.